The fourth-order valence-electron chi connectivity index (χ4n) is 2.18. The first-order valence-corrected chi connectivity index (χ1v) is 11.4. The SMILES string of the molecule is CN(C(=O)CO)c1c(I)c(C(=O)NCC(=O)O)c(I)c(C(=O)NCC(O)C(=O)O)c1I. The number of amides is 3. The molecule has 1 aromatic rings. The van der Waals surface area contributed by atoms with Gasteiger partial charge in [0.1, 0.15) is 13.2 Å². The van der Waals surface area contributed by atoms with Crippen molar-refractivity contribution in [2.24, 2.45) is 0 Å². The van der Waals surface area contributed by atoms with Crippen LogP contribution in [0, 0.1) is 10.7 Å². The van der Waals surface area contributed by atoms with Gasteiger partial charge in [-0.3, -0.25) is 19.2 Å². The maximum absolute atomic E-state index is 12.8. The average Bonchev–Trinajstić information content (AvgIpc) is 2.69. The third-order valence-electron chi connectivity index (χ3n) is 3.73. The minimum Gasteiger partial charge on any atom is -0.480 e. The lowest BCUT2D eigenvalue weighted by Gasteiger charge is -2.24. The van der Waals surface area contributed by atoms with Crippen molar-refractivity contribution in [3.8, 4) is 0 Å². The zero-order valence-electron chi connectivity index (χ0n) is 15.6. The second-order valence-electron chi connectivity index (χ2n) is 5.79. The van der Waals surface area contributed by atoms with Crippen molar-refractivity contribution in [3.05, 3.63) is 21.8 Å². The van der Waals surface area contributed by atoms with E-state index in [0.717, 1.165) is 4.90 Å². The molecule has 1 rings (SSSR count). The molecule has 6 N–H and O–H groups in total. The van der Waals surface area contributed by atoms with Gasteiger partial charge >= 0.3 is 11.9 Å². The molecule has 15 heteroatoms. The van der Waals surface area contributed by atoms with Crippen molar-refractivity contribution < 1.29 is 44.4 Å². The number of carbonyl (C=O) groups excluding carboxylic acids is 3. The summed E-state index contributed by atoms with van der Waals surface area (Å²) in [6.45, 7) is -2.15. The Bertz CT molecular complexity index is 939. The summed E-state index contributed by atoms with van der Waals surface area (Å²) >= 11 is 5.24. The maximum atomic E-state index is 12.8. The molecule has 0 saturated heterocycles. The Labute approximate surface area is 216 Å². The van der Waals surface area contributed by atoms with Gasteiger partial charge in [-0.05, 0) is 67.8 Å². The van der Waals surface area contributed by atoms with Crippen molar-refractivity contribution in [2.45, 2.75) is 6.10 Å². The molecule has 1 unspecified atom stereocenters. The van der Waals surface area contributed by atoms with Crippen LogP contribution in [-0.2, 0) is 14.4 Å². The number of nitrogens with zero attached hydrogens (tertiary/aromatic N) is 1. The lowest BCUT2D eigenvalue weighted by atomic mass is 10.1. The summed E-state index contributed by atoms with van der Waals surface area (Å²) < 4.78 is 0.554. The Balaban J connectivity index is 3.64. The molecular weight excluding hydrogens is 759 g/mol. The minimum atomic E-state index is -1.86. The number of nitrogens with one attached hydrogen (secondary N) is 2. The number of anilines is 1. The van der Waals surface area contributed by atoms with Crippen LogP contribution >= 0.6 is 67.8 Å². The lowest BCUT2D eigenvalue weighted by Crippen LogP contribution is -2.38. The molecule has 170 valence electrons. The van der Waals surface area contributed by atoms with E-state index in [1.54, 1.807) is 67.8 Å². The molecule has 1 atom stereocenters. The topological polar surface area (TPSA) is 194 Å². The van der Waals surface area contributed by atoms with E-state index in [1.165, 1.54) is 7.05 Å². The van der Waals surface area contributed by atoms with Gasteiger partial charge in [0, 0.05) is 10.6 Å². The van der Waals surface area contributed by atoms with Crippen LogP contribution in [0.1, 0.15) is 20.7 Å². The first kappa shape index (κ1) is 27.7. The van der Waals surface area contributed by atoms with Crippen molar-refractivity contribution in [1.82, 2.24) is 10.6 Å². The first-order chi connectivity index (χ1) is 14.3. The summed E-state index contributed by atoms with van der Waals surface area (Å²) in [6.07, 6.45) is -1.86. The van der Waals surface area contributed by atoms with Crippen LogP contribution in [0.2, 0.25) is 0 Å². The van der Waals surface area contributed by atoms with Crippen molar-refractivity contribution in [1.29, 1.82) is 0 Å². The van der Waals surface area contributed by atoms with E-state index >= 15 is 0 Å². The molecule has 0 aliphatic heterocycles. The molecule has 0 aliphatic carbocycles. The summed E-state index contributed by atoms with van der Waals surface area (Å²) in [7, 11) is 1.32. The van der Waals surface area contributed by atoms with E-state index in [-0.39, 0.29) is 27.5 Å². The number of hydrogen-bond donors (Lipinski definition) is 6. The molecule has 0 spiro atoms. The van der Waals surface area contributed by atoms with Crippen LogP contribution in [0.15, 0.2) is 0 Å². The normalized spacial score (nSPS) is 11.4. The smallest absolute Gasteiger partial charge is 0.334 e. The van der Waals surface area contributed by atoms with Gasteiger partial charge in [-0.25, -0.2) is 4.79 Å². The number of aliphatic hydroxyl groups is 2. The second kappa shape index (κ2) is 12.1. The predicted molar refractivity (Wildman–Crippen MR) is 131 cm³/mol. The Morgan fingerprint density at radius 3 is 1.84 bits per heavy atom. The van der Waals surface area contributed by atoms with Gasteiger partial charge in [-0.2, -0.15) is 0 Å². The Kier molecular flexibility index (Phi) is 10.8. The number of benzene rings is 1. The Hall–Kier alpha value is -1.32. The summed E-state index contributed by atoms with van der Waals surface area (Å²) in [5.74, 6) is -5.23. The van der Waals surface area contributed by atoms with E-state index in [1.807, 2.05) is 0 Å². The summed E-state index contributed by atoms with van der Waals surface area (Å²) in [5.41, 5.74) is -0.0586. The number of halogens is 3. The minimum absolute atomic E-state index is 0.0839. The second-order valence-corrected chi connectivity index (χ2v) is 9.03. The molecule has 0 aliphatic rings. The van der Waals surface area contributed by atoms with Crippen LogP contribution < -0.4 is 15.5 Å². The molecule has 1 aromatic carbocycles. The van der Waals surface area contributed by atoms with Gasteiger partial charge < -0.3 is 36.0 Å². The third-order valence-corrected chi connectivity index (χ3v) is 6.91. The first-order valence-electron chi connectivity index (χ1n) is 8.11. The number of aliphatic carboxylic acids is 2. The molecule has 0 radical (unpaired) electrons. The van der Waals surface area contributed by atoms with E-state index in [2.05, 4.69) is 10.6 Å². The highest BCUT2D eigenvalue weighted by Crippen LogP contribution is 2.37. The Morgan fingerprint density at radius 2 is 1.42 bits per heavy atom. The molecular formula is C16H16I3N3O9. The van der Waals surface area contributed by atoms with Gasteiger partial charge in [-0.15, -0.1) is 0 Å². The van der Waals surface area contributed by atoms with Crippen LogP contribution in [0.3, 0.4) is 0 Å². The third kappa shape index (κ3) is 6.83. The molecule has 0 heterocycles. The van der Waals surface area contributed by atoms with Crippen molar-refractivity contribution in [3.63, 3.8) is 0 Å². The number of rotatable bonds is 9. The lowest BCUT2D eigenvalue weighted by molar-refractivity contribution is -0.146. The quantitative estimate of drug-likeness (QED) is 0.179. The van der Waals surface area contributed by atoms with E-state index in [4.69, 9.17) is 10.2 Å². The molecule has 12 nitrogen and oxygen atoms in total. The number of carboxylic acid groups (broad SMARTS) is 2. The highest BCUT2D eigenvalue weighted by Gasteiger charge is 2.31. The fraction of sp³-hybridized carbons (Fsp3) is 0.312. The zero-order valence-corrected chi connectivity index (χ0v) is 22.1. The Morgan fingerprint density at radius 1 is 0.935 bits per heavy atom. The number of carbonyl (C=O) groups is 5. The highest BCUT2D eigenvalue weighted by atomic mass is 127. The van der Waals surface area contributed by atoms with E-state index < -0.39 is 55.5 Å². The van der Waals surface area contributed by atoms with Gasteiger partial charge in [-0.1, -0.05) is 0 Å². The molecule has 0 aromatic heterocycles. The van der Waals surface area contributed by atoms with Crippen LogP contribution in [0.25, 0.3) is 0 Å². The molecule has 3 amide bonds. The predicted octanol–water partition coefficient (Wildman–Crippen LogP) is -0.555. The van der Waals surface area contributed by atoms with Gasteiger partial charge in [0.15, 0.2) is 6.10 Å². The van der Waals surface area contributed by atoms with Crippen molar-refractivity contribution in [2.75, 3.05) is 31.6 Å². The monoisotopic (exact) mass is 775 g/mol. The number of likely N-dealkylation sites (N-methyl/N-ethyl adjacent to an activating group) is 1. The van der Waals surface area contributed by atoms with Gasteiger partial charge in [0.25, 0.3) is 17.7 Å². The summed E-state index contributed by atoms with van der Waals surface area (Å²) in [4.78, 5) is 60.1. The maximum Gasteiger partial charge on any atom is 0.334 e. The summed E-state index contributed by atoms with van der Waals surface area (Å²) in [6, 6.07) is 0. The van der Waals surface area contributed by atoms with Crippen LogP contribution in [0.4, 0.5) is 5.69 Å². The fourth-order valence-corrected chi connectivity index (χ4v) is 7.05. The van der Waals surface area contributed by atoms with E-state index in [0.29, 0.717) is 0 Å². The number of hydrogen-bond acceptors (Lipinski definition) is 7. The van der Waals surface area contributed by atoms with Gasteiger partial charge in [0.2, 0.25) is 0 Å². The molecule has 0 fully saturated rings. The molecule has 0 saturated carbocycles. The zero-order chi connectivity index (χ0) is 24.0. The number of carboxylic acids is 2. The van der Waals surface area contributed by atoms with Gasteiger partial charge in [0.05, 0.1) is 30.5 Å². The highest BCUT2D eigenvalue weighted by molar-refractivity contribution is 14.1. The summed E-state index contributed by atoms with van der Waals surface area (Å²) in [5, 5.41) is 40.6. The molecule has 0 bridgehead atoms. The van der Waals surface area contributed by atoms with Crippen LogP contribution in [-0.4, -0.2) is 82.9 Å². The number of aliphatic hydroxyl groups excluding tert-OH is 2. The van der Waals surface area contributed by atoms with Crippen molar-refractivity contribution >= 4 is 103 Å². The average molecular weight is 775 g/mol. The van der Waals surface area contributed by atoms with E-state index in [9.17, 15) is 34.2 Å². The van der Waals surface area contributed by atoms with Crippen LogP contribution in [0.5, 0.6) is 0 Å². The molecule has 31 heavy (non-hydrogen) atoms. The standard InChI is InChI=1S/C16H16I3N3O9/c1-22(6(25)4-23)13-11(18)8(14(28)20-2-5(24)16(30)31)10(17)9(12(13)19)15(29)21-3-7(26)27/h5,23-24H,2-4H2,1H3,(H,20,28)(H,21,29)(H,26,27)(H,30,31). The largest absolute Gasteiger partial charge is 0.480 e.